The lowest BCUT2D eigenvalue weighted by Gasteiger charge is -2.23. The molecule has 0 saturated heterocycles. The van der Waals surface area contributed by atoms with Crippen LogP contribution in [0.4, 0.5) is 14.2 Å². The summed E-state index contributed by atoms with van der Waals surface area (Å²) < 4.78 is 18.9. The quantitative estimate of drug-likeness (QED) is 0.458. The predicted molar refractivity (Wildman–Crippen MR) is 94.0 cm³/mol. The summed E-state index contributed by atoms with van der Waals surface area (Å²) in [6.45, 7) is 11.0. The number of amides is 1. The number of aromatic nitrogens is 1. The molecule has 0 saturated carbocycles. The average Bonchev–Trinajstić information content (AvgIpc) is 2.84. The van der Waals surface area contributed by atoms with Crippen molar-refractivity contribution < 1.29 is 23.7 Å². The summed E-state index contributed by atoms with van der Waals surface area (Å²) in [4.78, 5) is 21.1. The Labute approximate surface area is 145 Å². The fourth-order valence-electron chi connectivity index (χ4n) is 1.67. The van der Waals surface area contributed by atoms with Crippen LogP contribution in [0.3, 0.4) is 0 Å². The first-order chi connectivity index (χ1) is 11.0. The maximum absolute atomic E-state index is 13.6. The van der Waals surface area contributed by atoms with E-state index in [4.69, 9.17) is 4.74 Å². The molecule has 0 aliphatic carbocycles. The van der Waals surface area contributed by atoms with Crippen molar-refractivity contribution in [1.29, 1.82) is 0 Å². The van der Waals surface area contributed by atoms with Gasteiger partial charge in [0.25, 0.3) is 5.01 Å². The van der Waals surface area contributed by atoms with Gasteiger partial charge in [-0.25, -0.2) is 9.18 Å². The smallest absolute Gasteiger partial charge is 0.415 e. The Morgan fingerprint density at radius 2 is 2.08 bits per heavy atom. The third-order valence-electron chi connectivity index (χ3n) is 2.68. The van der Waals surface area contributed by atoms with Crippen LogP contribution in [0.1, 0.15) is 31.5 Å². The summed E-state index contributed by atoms with van der Waals surface area (Å²) >= 11 is 1.28. The van der Waals surface area contributed by atoms with Crippen molar-refractivity contribution in [2.75, 3.05) is 19.1 Å². The topological polar surface area (TPSA) is 65.3 Å². The van der Waals surface area contributed by atoms with Gasteiger partial charge in [0.05, 0.1) is 5.57 Å². The maximum Gasteiger partial charge on any atom is 0.415 e. The molecule has 0 fully saturated rings. The molecule has 24 heavy (non-hydrogen) atoms. The number of rotatable bonds is 5. The molecular formula is C16H23FN3O3S+. The standard InChI is InChI=1S/C16H22FN3O3S/c1-10(8-12(17)9-18-22-7)13-19-11(2)14(24-13)20(6)15(21)23-16(3,4)5/h8-9H,1H2,2-7H3/p+1/b12-8+,18-9+. The molecule has 1 N–H and O–H groups in total. The molecule has 6 nitrogen and oxygen atoms in total. The van der Waals surface area contributed by atoms with E-state index in [2.05, 4.69) is 21.6 Å². The first kappa shape index (κ1) is 19.8. The molecule has 0 radical (unpaired) electrons. The average molecular weight is 356 g/mol. The normalized spacial score (nSPS) is 12.4. The lowest BCUT2D eigenvalue weighted by molar-refractivity contribution is -0.382. The van der Waals surface area contributed by atoms with Gasteiger partial charge in [-0.05, 0) is 38.2 Å². The minimum absolute atomic E-state index is 0.423. The minimum atomic E-state index is -0.594. The van der Waals surface area contributed by atoms with Gasteiger partial charge in [-0.3, -0.25) is 4.90 Å². The summed E-state index contributed by atoms with van der Waals surface area (Å²) in [5.74, 6) is -0.594. The molecule has 1 heterocycles. The lowest BCUT2D eigenvalue weighted by Crippen LogP contribution is -2.34. The maximum atomic E-state index is 13.6. The van der Waals surface area contributed by atoms with Gasteiger partial charge in [-0.1, -0.05) is 11.7 Å². The van der Waals surface area contributed by atoms with Crippen molar-refractivity contribution in [2.45, 2.75) is 33.3 Å². The molecule has 1 amide bonds. The highest BCUT2D eigenvalue weighted by atomic mass is 32.1. The van der Waals surface area contributed by atoms with Gasteiger partial charge >= 0.3 is 6.09 Å². The van der Waals surface area contributed by atoms with E-state index in [0.717, 1.165) is 11.9 Å². The molecule has 0 bridgehead atoms. The molecule has 0 unspecified atom stereocenters. The van der Waals surface area contributed by atoms with E-state index in [0.29, 0.717) is 15.6 Å². The zero-order valence-corrected chi connectivity index (χ0v) is 15.6. The predicted octanol–water partition coefficient (Wildman–Crippen LogP) is 3.74. The third kappa shape index (κ3) is 5.77. The molecule has 1 rings (SSSR count). The summed E-state index contributed by atoms with van der Waals surface area (Å²) in [6.07, 6.45) is 1.70. The van der Waals surface area contributed by atoms with Crippen molar-refractivity contribution in [3.63, 3.8) is 0 Å². The highest BCUT2D eigenvalue weighted by Gasteiger charge is 2.26. The van der Waals surface area contributed by atoms with Gasteiger partial charge in [-0.15, -0.1) is 0 Å². The van der Waals surface area contributed by atoms with E-state index in [-0.39, 0.29) is 0 Å². The summed E-state index contributed by atoms with van der Waals surface area (Å²) in [5.41, 5.74) is 0.593. The van der Waals surface area contributed by atoms with Crippen LogP contribution in [0.2, 0.25) is 0 Å². The van der Waals surface area contributed by atoms with Crippen molar-refractivity contribution in [3.8, 4) is 0 Å². The molecule has 1 aromatic heterocycles. The second-order valence-corrected chi connectivity index (χ2v) is 7.00. The molecule has 8 heteroatoms. The first-order valence-electron chi connectivity index (χ1n) is 7.17. The number of aryl methyl sites for hydroxylation is 1. The molecule has 0 aliphatic heterocycles. The Morgan fingerprint density at radius 3 is 2.62 bits per heavy atom. The fraction of sp³-hybridized carbons (Fsp3) is 0.438. The van der Waals surface area contributed by atoms with Gasteiger partial charge in [0, 0.05) is 14.0 Å². The highest BCUT2D eigenvalue weighted by molar-refractivity contribution is 7.16. The van der Waals surface area contributed by atoms with Crippen LogP contribution in [-0.2, 0) is 9.57 Å². The van der Waals surface area contributed by atoms with E-state index < -0.39 is 17.5 Å². The van der Waals surface area contributed by atoms with Gasteiger partial charge in [0.2, 0.25) is 5.69 Å². The molecular weight excluding hydrogens is 333 g/mol. The number of halogens is 1. The van der Waals surface area contributed by atoms with E-state index >= 15 is 0 Å². The van der Waals surface area contributed by atoms with Crippen LogP contribution in [0, 0.1) is 6.92 Å². The number of carbonyl (C=O) groups excluding carboxylic acids is 1. The third-order valence-corrected chi connectivity index (χ3v) is 4.02. The van der Waals surface area contributed by atoms with Crippen molar-refractivity contribution in [1.82, 2.24) is 0 Å². The number of nitrogens with zero attached hydrogens (tertiary/aromatic N) is 2. The second kappa shape index (κ2) is 8.05. The van der Waals surface area contributed by atoms with Crippen LogP contribution in [0.15, 0.2) is 23.6 Å². The summed E-state index contributed by atoms with van der Waals surface area (Å²) in [6, 6.07) is 0. The molecule has 132 valence electrons. The monoisotopic (exact) mass is 356 g/mol. The number of aromatic amines is 1. The second-order valence-electron chi connectivity index (χ2n) is 6.00. The van der Waals surface area contributed by atoms with Gasteiger partial charge < -0.3 is 9.57 Å². The minimum Gasteiger partial charge on any atom is -0.443 e. The van der Waals surface area contributed by atoms with Crippen molar-refractivity contribution >= 4 is 34.2 Å². The number of hydrogen-bond acceptors (Lipinski definition) is 5. The molecule has 0 aromatic carbocycles. The van der Waals surface area contributed by atoms with Crippen LogP contribution in [0.25, 0.3) is 5.57 Å². The number of thiazole rings is 1. The molecule has 0 aliphatic rings. The van der Waals surface area contributed by atoms with Gasteiger partial charge in [0.1, 0.15) is 24.8 Å². The van der Waals surface area contributed by atoms with Gasteiger partial charge in [-0.2, -0.15) is 4.98 Å². The van der Waals surface area contributed by atoms with E-state index in [1.807, 2.05) is 6.92 Å². The Morgan fingerprint density at radius 1 is 1.46 bits per heavy atom. The number of H-pyrrole nitrogens is 1. The van der Waals surface area contributed by atoms with Crippen molar-refractivity contribution in [3.05, 3.63) is 29.2 Å². The zero-order valence-electron chi connectivity index (χ0n) is 14.8. The van der Waals surface area contributed by atoms with Crippen molar-refractivity contribution in [2.24, 2.45) is 5.16 Å². The molecule has 1 aromatic rings. The number of ether oxygens (including phenoxy) is 1. The number of hydrogen-bond donors (Lipinski definition) is 0. The molecule has 0 atom stereocenters. The number of carbonyl (C=O) groups is 1. The summed E-state index contributed by atoms with van der Waals surface area (Å²) in [5, 5.41) is 4.63. The number of oxime groups is 1. The Balaban J connectivity index is 2.97. The highest BCUT2D eigenvalue weighted by Crippen LogP contribution is 2.29. The van der Waals surface area contributed by atoms with Crippen LogP contribution in [0.5, 0.6) is 0 Å². The SMILES string of the molecule is C=C(/C=C(F)\C=N\OC)c1[nH+]c(C)c(N(C)C(=O)OC(C)(C)C)s1. The zero-order chi connectivity index (χ0) is 18.5. The largest absolute Gasteiger partial charge is 0.443 e. The van der Waals surface area contributed by atoms with E-state index in [9.17, 15) is 9.18 Å². The summed E-state index contributed by atoms with van der Waals surface area (Å²) in [7, 11) is 2.95. The Bertz CT molecular complexity index is 675. The number of allylic oxidation sites excluding steroid dienone is 3. The number of nitrogens with one attached hydrogen (secondary N) is 1. The first-order valence-corrected chi connectivity index (χ1v) is 7.99. The fourth-order valence-corrected chi connectivity index (χ4v) is 2.68. The Kier molecular flexibility index (Phi) is 6.65. The molecule has 0 spiro atoms. The van der Waals surface area contributed by atoms with Gasteiger partial charge in [0.15, 0.2) is 5.00 Å². The van der Waals surface area contributed by atoms with Crippen LogP contribution in [-0.4, -0.2) is 32.1 Å². The lowest BCUT2D eigenvalue weighted by atomic mass is 10.2. The van der Waals surface area contributed by atoms with Crippen LogP contribution >= 0.6 is 11.3 Å². The van der Waals surface area contributed by atoms with E-state index in [1.54, 1.807) is 27.8 Å². The van der Waals surface area contributed by atoms with Crippen LogP contribution < -0.4 is 9.88 Å². The number of anilines is 1. The van der Waals surface area contributed by atoms with E-state index in [1.165, 1.54) is 29.4 Å². The Hall–Kier alpha value is -2.22.